The first-order chi connectivity index (χ1) is 16.4. The van der Waals surface area contributed by atoms with Gasteiger partial charge >= 0.3 is 6.61 Å². The molecule has 0 bridgehead atoms. The molecule has 0 spiro atoms. The van der Waals surface area contributed by atoms with Crippen molar-refractivity contribution >= 4 is 0 Å². The van der Waals surface area contributed by atoms with E-state index in [9.17, 15) is 17.6 Å². The Morgan fingerprint density at radius 1 is 0.765 bits per heavy atom. The number of rotatable bonds is 9. The monoisotopic (exact) mass is 482 g/mol. The van der Waals surface area contributed by atoms with Crippen molar-refractivity contribution in [2.75, 3.05) is 0 Å². The van der Waals surface area contributed by atoms with Crippen LogP contribution in [0.15, 0.2) is 12.1 Å². The SMILES string of the molecule is CCCCCCC1CCC(C2CCC3CC(c4cc(F)c(OC(F)F)c(F)c4)CCC3C2)CC1. The van der Waals surface area contributed by atoms with Gasteiger partial charge in [-0.2, -0.15) is 8.78 Å². The zero-order chi connectivity index (χ0) is 24.1. The number of hydrogen-bond acceptors (Lipinski definition) is 1. The lowest BCUT2D eigenvalue weighted by atomic mass is 9.60. The highest BCUT2D eigenvalue weighted by Crippen LogP contribution is 2.51. The van der Waals surface area contributed by atoms with Crippen molar-refractivity contribution < 1.29 is 22.3 Å². The molecule has 0 aliphatic heterocycles. The fourth-order valence-corrected chi connectivity index (χ4v) is 7.48. The molecule has 4 atom stereocenters. The number of benzene rings is 1. The molecule has 4 unspecified atom stereocenters. The molecular weight excluding hydrogens is 440 g/mol. The fraction of sp³-hybridized carbons (Fsp3) is 0.793. The molecule has 1 aromatic carbocycles. The van der Waals surface area contributed by atoms with Crippen LogP contribution in [0, 0.1) is 41.2 Å². The van der Waals surface area contributed by atoms with Crippen LogP contribution in [0.1, 0.15) is 115 Å². The van der Waals surface area contributed by atoms with Crippen LogP contribution in [-0.4, -0.2) is 6.61 Å². The van der Waals surface area contributed by atoms with Crippen LogP contribution in [0.25, 0.3) is 0 Å². The molecule has 5 heteroatoms. The lowest BCUT2D eigenvalue weighted by Crippen LogP contribution is -2.34. The topological polar surface area (TPSA) is 9.23 Å². The first-order valence-corrected chi connectivity index (χ1v) is 13.9. The average Bonchev–Trinajstić information content (AvgIpc) is 2.83. The van der Waals surface area contributed by atoms with Gasteiger partial charge in [-0.05, 0) is 105 Å². The van der Waals surface area contributed by atoms with Gasteiger partial charge in [0.25, 0.3) is 0 Å². The molecule has 34 heavy (non-hydrogen) atoms. The van der Waals surface area contributed by atoms with Crippen LogP contribution in [0.3, 0.4) is 0 Å². The Bertz CT molecular complexity index is 750. The maximum Gasteiger partial charge on any atom is 0.387 e. The molecule has 3 aliphatic rings. The molecule has 0 heterocycles. The summed E-state index contributed by atoms with van der Waals surface area (Å²) in [7, 11) is 0. The third-order valence-corrected chi connectivity index (χ3v) is 9.38. The largest absolute Gasteiger partial charge is 0.429 e. The van der Waals surface area contributed by atoms with E-state index in [1.807, 2.05) is 0 Å². The third kappa shape index (κ3) is 6.49. The smallest absolute Gasteiger partial charge is 0.387 e. The summed E-state index contributed by atoms with van der Waals surface area (Å²) in [6.45, 7) is -0.959. The van der Waals surface area contributed by atoms with E-state index in [0.29, 0.717) is 11.5 Å². The Kier molecular flexibility index (Phi) is 9.21. The molecule has 3 fully saturated rings. The minimum atomic E-state index is -3.23. The normalized spacial score (nSPS) is 31.9. The zero-order valence-electron chi connectivity index (χ0n) is 20.7. The van der Waals surface area contributed by atoms with Crippen LogP contribution in [0.2, 0.25) is 0 Å². The number of alkyl halides is 2. The number of unbranched alkanes of at least 4 members (excludes halogenated alkanes) is 3. The molecule has 3 saturated carbocycles. The second-order valence-corrected chi connectivity index (χ2v) is 11.4. The summed E-state index contributed by atoms with van der Waals surface area (Å²) in [5.74, 6) is 1.15. The summed E-state index contributed by atoms with van der Waals surface area (Å²) in [6.07, 6.45) is 19.4. The van der Waals surface area contributed by atoms with Crippen molar-refractivity contribution in [2.45, 2.75) is 116 Å². The van der Waals surface area contributed by atoms with E-state index < -0.39 is 24.0 Å². The van der Waals surface area contributed by atoms with Crippen molar-refractivity contribution in [3.63, 3.8) is 0 Å². The molecule has 1 nitrogen and oxygen atoms in total. The third-order valence-electron chi connectivity index (χ3n) is 9.38. The maximum atomic E-state index is 14.2. The molecule has 0 aromatic heterocycles. The Morgan fingerprint density at radius 2 is 1.35 bits per heavy atom. The van der Waals surface area contributed by atoms with Crippen LogP contribution < -0.4 is 4.74 Å². The molecular formula is C29H42F4O. The predicted octanol–water partition coefficient (Wildman–Crippen LogP) is 9.64. The summed E-state index contributed by atoms with van der Waals surface area (Å²) < 4.78 is 57.4. The van der Waals surface area contributed by atoms with Crippen LogP contribution in [0.5, 0.6) is 5.75 Å². The minimum Gasteiger partial charge on any atom is -0.429 e. The minimum absolute atomic E-state index is 0.102. The van der Waals surface area contributed by atoms with Gasteiger partial charge in [-0.15, -0.1) is 0 Å². The molecule has 0 saturated heterocycles. The molecule has 192 valence electrons. The highest BCUT2D eigenvalue weighted by molar-refractivity contribution is 5.33. The second kappa shape index (κ2) is 12.1. The first-order valence-electron chi connectivity index (χ1n) is 13.9. The number of halogens is 4. The van der Waals surface area contributed by atoms with E-state index in [1.54, 1.807) is 0 Å². The first kappa shape index (κ1) is 25.8. The zero-order valence-corrected chi connectivity index (χ0v) is 20.7. The van der Waals surface area contributed by atoms with Gasteiger partial charge < -0.3 is 4.74 Å². The second-order valence-electron chi connectivity index (χ2n) is 11.4. The van der Waals surface area contributed by atoms with Crippen LogP contribution >= 0.6 is 0 Å². The molecule has 0 radical (unpaired) electrons. The molecule has 4 rings (SSSR count). The van der Waals surface area contributed by atoms with Gasteiger partial charge in [0.15, 0.2) is 17.4 Å². The Morgan fingerprint density at radius 3 is 2.00 bits per heavy atom. The quantitative estimate of drug-likeness (QED) is 0.251. The highest BCUT2D eigenvalue weighted by Gasteiger charge is 2.39. The summed E-state index contributed by atoms with van der Waals surface area (Å²) in [5.41, 5.74) is 0.592. The standard InChI is InChI=1S/C29H42F4O/c1-2-3-4-5-6-19-7-9-20(10-8-19)21-11-12-23-16-24(14-13-22(23)15-21)25-17-26(30)28(27(31)18-25)34-29(32)33/h17-24,29H,2-16H2,1H3. The highest BCUT2D eigenvalue weighted by atomic mass is 19.3. The van der Waals surface area contributed by atoms with Crippen molar-refractivity contribution in [1.29, 1.82) is 0 Å². The van der Waals surface area contributed by atoms with E-state index in [4.69, 9.17) is 0 Å². The van der Waals surface area contributed by atoms with E-state index in [1.165, 1.54) is 89.2 Å². The number of fused-ring (bicyclic) bond motifs is 1. The van der Waals surface area contributed by atoms with Crippen molar-refractivity contribution in [1.82, 2.24) is 0 Å². The predicted molar refractivity (Wildman–Crippen MR) is 128 cm³/mol. The van der Waals surface area contributed by atoms with Gasteiger partial charge in [-0.25, -0.2) is 8.78 Å². The van der Waals surface area contributed by atoms with E-state index in [2.05, 4.69) is 11.7 Å². The Balaban J connectivity index is 1.26. The number of ether oxygens (including phenoxy) is 1. The Labute approximate surface area is 203 Å². The van der Waals surface area contributed by atoms with Gasteiger partial charge in [0, 0.05) is 0 Å². The van der Waals surface area contributed by atoms with Gasteiger partial charge in [0.2, 0.25) is 0 Å². The summed E-state index contributed by atoms with van der Waals surface area (Å²) in [4.78, 5) is 0. The lowest BCUT2D eigenvalue weighted by Gasteiger charge is -2.45. The molecule has 0 amide bonds. The van der Waals surface area contributed by atoms with Crippen LogP contribution in [-0.2, 0) is 0 Å². The van der Waals surface area contributed by atoms with Crippen molar-refractivity contribution in [3.05, 3.63) is 29.3 Å². The van der Waals surface area contributed by atoms with Gasteiger partial charge in [0.05, 0.1) is 0 Å². The van der Waals surface area contributed by atoms with Gasteiger partial charge in [0.1, 0.15) is 0 Å². The summed E-state index contributed by atoms with van der Waals surface area (Å²) >= 11 is 0. The number of hydrogen-bond donors (Lipinski definition) is 0. The van der Waals surface area contributed by atoms with E-state index in [0.717, 1.165) is 42.9 Å². The lowest BCUT2D eigenvalue weighted by molar-refractivity contribution is -0.0546. The average molecular weight is 483 g/mol. The van der Waals surface area contributed by atoms with E-state index in [-0.39, 0.29) is 5.92 Å². The Hall–Kier alpha value is -1.26. The van der Waals surface area contributed by atoms with Crippen LogP contribution in [0.4, 0.5) is 17.6 Å². The summed E-state index contributed by atoms with van der Waals surface area (Å²) in [6, 6.07) is 2.41. The van der Waals surface area contributed by atoms with Gasteiger partial charge in [-0.3, -0.25) is 0 Å². The maximum absolute atomic E-state index is 14.2. The van der Waals surface area contributed by atoms with Crippen molar-refractivity contribution in [3.8, 4) is 5.75 Å². The molecule has 3 aliphatic carbocycles. The molecule has 0 N–H and O–H groups in total. The summed E-state index contributed by atoms with van der Waals surface area (Å²) in [5, 5.41) is 0. The molecule has 1 aromatic rings. The van der Waals surface area contributed by atoms with Crippen molar-refractivity contribution in [2.24, 2.45) is 29.6 Å². The fourth-order valence-electron chi connectivity index (χ4n) is 7.48. The van der Waals surface area contributed by atoms with Gasteiger partial charge in [-0.1, -0.05) is 51.9 Å². The van der Waals surface area contributed by atoms with E-state index >= 15 is 0 Å².